The van der Waals surface area contributed by atoms with Crippen molar-refractivity contribution in [1.82, 2.24) is 10.2 Å². The molecule has 2 amide bonds. The second-order valence-electron chi connectivity index (χ2n) is 7.07. The molecule has 0 unspecified atom stereocenters. The summed E-state index contributed by atoms with van der Waals surface area (Å²) in [5.74, 6) is 2.03. The smallest absolute Gasteiger partial charge is 0.260 e. The van der Waals surface area contributed by atoms with Gasteiger partial charge in [0.1, 0.15) is 5.75 Å². The number of ether oxygens (including phenoxy) is 1. The molecule has 1 N–H and O–H groups in total. The van der Waals surface area contributed by atoms with Gasteiger partial charge in [-0.05, 0) is 48.8 Å². The average Bonchev–Trinajstić information content (AvgIpc) is 2.77. The molecule has 2 aromatic carbocycles. The molecule has 0 radical (unpaired) electrons. The second kappa shape index (κ2) is 10.9. The minimum absolute atomic E-state index is 0.0156. The monoisotopic (exact) mass is 412 g/mol. The highest BCUT2D eigenvalue weighted by atomic mass is 32.2. The normalized spacial score (nSPS) is 14.4. The Morgan fingerprint density at radius 1 is 1.07 bits per heavy atom. The van der Waals surface area contributed by atoms with E-state index in [0.717, 1.165) is 29.1 Å². The fourth-order valence-corrected chi connectivity index (χ4v) is 4.21. The zero-order valence-corrected chi connectivity index (χ0v) is 17.6. The van der Waals surface area contributed by atoms with E-state index in [4.69, 9.17) is 4.74 Å². The first kappa shape index (κ1) is 21.2. The van der Waals surface area contributed by atoms with Gasteiger partial charge in [-0.3, -0.25) is 9.59 Å². The topological polar surface area (TPSA) is 58.6 Å². The lowest BCUT2D eigenvalue weighted by Gasteiger charge is -2.32. The highest BCUT2D eigenvalue weighted by Gasteiger charge is 2.23. The number of thioether (sulfide) groups is 1. The van der Waals surface area contributed by atoms with E-state index >= 15 is 0 Å². The van der Waals surface area contributed by atoms with Crippen LogP contribution in [0.5, 0.6) is 5.75 Å². The molecule has 0 aliphatic carbocycles. The number of amides is 2. The summed E-state index contributed by atoms with van der Waals surface area (Å²) >= 11 is 1.68. The summed E-state index contributed by atoms with van der Waals surface area (Å²) in [5, 5.41) is 3.08. The SMILES string of the molecule is CCSc1ccccc1C(=O)NCC1CCN(C(=O)COc2ccccc2)CC1. The highest BCUT2D eigenvalue weighted by molar-refractivity contribution is 7.99. The van der Waals surface area contributed by atoms with Gasteiger partial charge in [-0.1, -0.05) is 37.3 Å². The third-order valence-corrected chi connectivity index (χ3v) is 6.01. The first-order chi connectivity index (χ1) is 14.2. The third-order valence-electron chi connectivity index (χ3n) is 5.06. The quantitative estimate of drug-likeness (QED) is 0.669. The molecule has 1 aliphatic rings. The predicted octanol–water partition coefficient (Wildman–Crippen LogP) is 3.85. The number of rotatable bonds is 8. The van der Waals surface area contributed by atoms with Crippen LogP contribution in [0.2, 0.25) is 0 Å². The standard InChI is InChI=1S/C23H28N2O3S/c1-2-29-21-11-7-6-10-20(21)23(27)24-16-18-12-14-25(15-13-18)22(26)17-28-19-8-4-3-5-9-19/h3-11,18H,2,12-17H2,1H3,(H,24,27). The van der Waals surface area contributed by atoms with E-state index in [1.165, 1.54) is 0 Å². The Kier molecular flexibility index (Phi) is 7.99. The average molecular weight is 413 g/mol. The molecule has 154 valence electrons. The van der Waals surface area contributed by atoms with Gasteiger partial charge in [-0.2, -0.15) is 0 Å². The van der Waals surface area contributed by atoms with Crippen LogP contribution in [0.15, 0.2) is 59.5 Å². The number of hydrogen-bond acceptors (Lipinski definition) is 4. The van der Waals surface area contributed by atoms with Gasteiger partial charge in [-0.15, -0.1) is 11.8 Å². The van der Waals surface area contributed by atoms with Gasteiger partial charge in [0.2, 0.25) is 0 Å². The molecule has 0 aromatic heterocycles. The van der Waals surface area contributed by atoms with Crippen molar-refractivity contribution in [3.05, 3.63) is 60.2 Å². The number of likely N-dealkylation sites (tertiary alicyclic amines) is 1. The summed E-state index contributed by atoms with van der Waals surface area (Å²) in [6.07, 6.45) is 1.78. The van der Waals surface area contributed by atoms with Crippen molar-refractivity contribution >= 4 is 23.6 Å². The van der Waals surface area contributed by atoms with E-state index < -0.39 is 0 Å². The van der Waals surface area contributed by atoms with Crippen LogP contribution in [-0.4, -0.2) is 48.7 Å². The lowest BCUT2D eigenvalue weighted by atomic mass is 9.96. The lowest BCUT2D eigenvalue weighted by molar-refractivity contribution is -0.134. The second-order valence-corrected chi connectivity index (χ2v) is 8.37. The van der Waals surface area contributed by atoms with E-state index in [2.05, 4.69) is 12.2 Å². The van der Waals surface area contributed by atoms with E-state index in [1.807, 2.05) is 59.5 Å². The van der Waals surface area contributed by atoms with Crippen molar-refractivity contribution in [3.63, 3.8) is 0 Å². The Morgan fingerprint density at radius 3 is 2.48 bits per heavy atom. The number of benzene rings is 2. The summed E-state index contributed by atoms with van der Waals surface area (Å²) in [6.45, 7) is 4.21. The summed E-state index contributed by atoms with van der Waals surface area (Å²) in [5.41, 5.74) is 0.741. The van der Waals surface area contributed by atoms with E-state index in [1.54, 1.807) is 11.8 Å². The molecule has 0 saturated carbocycles. The van der Waals surface area contributed by atoms with E-state index in [0.29, 0.717) is 31.3 Å². The van der Waals surface area contributed by atoms with Crippen LogP contribution in [-0.2, 0) is 4.79 Å². The minimum Gasteiger partial charge on any atom is -0.484 e. The van der Waals surface area contributed by atoms with Gasteiger partial charge in [-0.25, -0.2) is 0 Å². The van der Waals surface area contributed by atoms with Gasteiger partial charge < -0.3 is 15.0 Å². The molecule has 1 aliphatic heterocycles. The minimum atomic E-state index is -0.0173. The van der Waals surface area contributed by atoms with E-state index in [-0.39, 0.29) is 18.4 Å². The molecule has 1 fully saturated rings. The van der Waals surface area contributed by atoms with Crippen molar-refractivity contribution in [3.8, 4) is 5.75 Å². The first-order valence-corrected chi connectivity index (χ1v) is 11.1. The number of para-hydroxylation sites is 1. The van der Waals surface area contributed by atoms with E-state index in [9.17, 15) is 9.59 Å². The van der Waals surface area contributed by atoms with Crippen LogP contribution in [0.25, 0.3) is 0 Å². The maximum absolute atomic E-state index is 12.6. The molecule has 0 atom stereocenters. The predicted molar refractivity (Wildman–Crippen MR) is 116 cm³/mol. The molecule has 1 heterocycles. The summed E-state index contributed by atoms with van der Waals surface area (Å²) in [7, 11) is 0. The van der Waals surface area contributed by atoms with Gasteiger partial charge in [0, 0.05) is 24.5 Å². The number of nitrogens with zero attached hydrogens (tertiary/aromatic N) is 1. The van der Waals surface area contributed by atoms with Crippen LogP contribution < -0.4 is 10.1 Å². The van der Waals surface area contributed by atoms with Crippen LogP contribution in [0.3, 0.4) is 0 Å². The van der Waals surface area contributed by atoms with Crippen molar-refractivity contribution in [2.75, 3.05) is 32.0 Å². The van der Waals surface area contributed by atoms with Crippen LogP contribution in [0.1, 0.15) is 30.1 Å². The Morgan fingerprint density at radius 2 is 1.76 bits per heavy atom. The lowest BCUT2D eigenvalue weighted by Crippen LogP contribution is -2.43. The summed E-state index contributed by atoms with van der Waals surface area (Å²) in [4.78, 5) is 27.8. The van der Waals surface area contributed by atoms with Crippen LogP contribution >= 0.6 is 11.8 Å². The highest BCUT2D eigenvalue weighted by Crippen LogP contribution is 2.22. The first-order valence-electron chi connectivity index (χ1n) is 10.1. The molecule has 2 aromatic rings. The fourth-order valence-electron chi connectivity index (χ4n) is 3.41. The molecule has 6 heteroatoms. The molecule has 5 nitrogen and oxygen atoms in total. The van der Waals surface area contributed by atoms with Crippen molar-refractivity contribution in [2.45, 2.75) is 24.7 Å². The Bertz CT molecular complexity index is 805. The van der Waals surface area contributed by atoms with Crippen molar-refractivity contribution in [1.29, 1.82) is 0 Å². The van der Waals surface area contributed by atoms with Gasteiger partial charge >= 0.3 is 0 Å². The van der Waals surface area contributed by atoms with Crippen molar-refractivity contribution in [2.24, 2.45) is 5.92 Å². The number of piperidine rings is 1. The summed E-state index contributed by atoms with van der Waals surface area (Å²) < 4.78 is 5.56. The van der Waals surface area contributed by atoms with Gasteiger partial charge in [0.15, 0.2) is 6.61 Å². The largest absolute Gasteiger partial charge is 0.484 e. The number of hydrogen-bond donors (Lipinski definition) is 1. The Hall–Kier alpha value is -2.47. The fraction of sp³-hybridized carbons (Fsp3) is 0.391. The van der Waals surface area contributed by atoms with Crippen LogP contribution in [0, 0.1) is 5.92 Å². The zero-order valence-electron chi connectivity index (χ0n) is 16.8. The maximum atomic E-state index is 12.6. The maximum Gasteiger partial charge on any atom is 0.260 e. The van der Waals surface area contributed by atoms with Crippen molar-refractivity contribution < 1.29 is 14.3 Å². The molecule has 3 rings (SSSR count). The Balaban J connectivity index is 1.40. The molecule has 29 heavy (non-hydrogen) atoms. The number of nitrogens with one attached hydrogen (secondary N) is 1. The Labute approximate surface area is 176 Å². The van der Waals surface area contributed by atoms with Gasteiger partial charge in [0.25, 0.3) is 11.8 Å². The molecule has 0 spiro atoms. The molecular formula is C23H28N2O3S. The molecular weight excluding hydrogens is 384 g/mol. The third kappa shape index (κ3) is 6.26. The number of carbonyl (C=O) groups excluding carboxylic acids is 2. The summed E-state index contributed by atoms with van der Waals surface area (Å²) in [6, 6.07) is 17.1. The van der Waals surface area contributed by atoms with Crippen LogP contribution in [0.4, 0.5) is 0 Å². The zero-order chi connectivity index (χ0) is 20.5. The van der Waals surface area contributed by atoms with Gasteiger partial charge in [0.05, 0.1) is 5.56 Å². The molecule has 1 saturated heterocycles. The molecule has 0 bridgehead atoms. The number of carbonyl (C=O) groups is 2.